The van der Waals surface area contributed by atoms with Crippen LogP contribution in [0.15, 0.2) is 285 Å². The van der Waals surface area contributed by atoms with Gasteiger partial charge in [-0.2, -0.15) is 0 Å². The van der Waals surface area contributed by atoms with Gasteiger partial charge in [0.05, 0.1) is 0 Å². The maximum Gasteiger partial charge on any atom is 0.0473 e. The van der Waals surface area contributed by atoms with Gasteiger partial charge < -0.3 is 4.90 Å². The standard InChI is InChI=1S/C68H47N/c1-6-19-48(20-7-1)51-33-35-52(36-34-51)53-37-40-60(41-38-53)69(62-45-58(49-21-8-2-9-22-49)43-59(46-62)50-23-10-3-11-24-50)61-30-18-29-56(44-61)57-39-42-64-63-31-16-17-32-65(63)67(54-25-12-4-13-26-54)68(66(64)47-57)55-27-14-5-15-28-55/h1-47H. The van der Waals surface area contributed by atoms with Gasteiger partial charge in [-0.3, -0.25) is 0 Å². The summed E-state index contributed by atoms with van der Waals surface area (Å²) >= 11 is 0. The summed E-state index contributed by atoms with van der Waals surface area (Å²) in [5, 5.41) is 4.98. The van der Waals surface area contributed by atoms with E-state index in [1.807, 2.05) is 0 Å². The molecule has 0 amide bonds. The fourth-order valence-electron chi connectivity index (χ4n) is 10.1. The zero-order valence-electron chi connectivity index (χ0n) is 38.1. The van der Waals surface area contributed by atoms with E-state index in [4.69, 9.17) is 0 Å². The minimum absolute atomic E-state index is 1.07. The number of anilines is 3. The molecule has 0 aliphatic heterocycles. The van der Waals surface area contributed by atoms with Crippen molar-refractivity contribution in [2.75, 3.05) is 4.90 Å². The largest absolute Gasteiger partial charge is 0.310 e. The highest BCUT2D eigenvalue weighted by Crippen LogP contribution is 2.47. The molecule has 0 saturated heterocycles. The maximum absolute atomic E-state index is 2.42. The third kappa shape index (κ3) is 8.18. The molecule has 1 nitrogen and oxygen atoms in total. The van der Waals surface area contributed by atoms with Gasteiger partial charge >= 0.3 is 0 Å². The molecular formula is C68H47N. The quantitative estimate of drug-likeness (QED) is 0.124. The number of rotatable bonds is 10. The molecule has 0 fully saturated rings. The number of hydrogen-bond acceptors (Lipinski definition) is 1. The number of benzene rings is 12. The normalized spacial score (nSPS) is 11.2. The Morgan fingerprint density at radius 3 is 1.03 bits per heavy atom. The van der Waals surface area contributed by atoms with Crippen LogP contribution < -0.4 is 4.90 Å². The Morgan fingerprint density at radius 1 is 0.159 bits per heavy atom. The van der Waals surface area contributed by atoms with Crippen molar-refractivity contribution in [3.05, 3.63) is 285 Å². The maximum atomic E-state index is 2.42. The molecule has 12 aromatic carbocycles. The number of hydrogen-bond donors (Lipinski definition) is 0. The lowest BCUT2D eigenvalue weighted by Gasteiger charge is -2.27. The Labute approximate surface area is 404 Å². The van der Waals surface area contributed by atoms with Gasteiger partial charge in [-0.15, -0.1) is 0 Å². The molecule has 1 heteroatoms. The lowest BCUT2D eigenvalue weighted by molar-refractivity contribution is 1.28. The average Bonchev–Trinajstić information content (AvgIpc) is 3.44. The SMILES string of the molecule is c1ccc(-c2ccc(-c3ccc(N(c4cccc(-c5ccc6c(c5)c(-c5ccccc5)c(-c5ccccc5)c5ccccc56)c4)c4cc(-c5ccccc5)cc(-c5ccccc5)c4)cc3)cc2)cc1. The fourth-order valence-corrected chi connectivity index (χ4v) is 10.1. The first kappa shape index (κ1) is 41.4. The Hall–Kier alpha value is -9.04. The molecule has 69 heavy (non-hydrogen) atoms. The van der Waals surface area contributed by atoms with E-state index in [0.29, 0.717) is 0 Å². The summed E-state index contributed by atoms with van der Waals surface area (Å²) < 4.78 is 0. The topological polar surface area (TPSA) is 3.24 Å². The molecule has 0 spiro atoms. The van der Waals surface area contributed by atoms with E-state index >= 15 is 0 Å². The van der Waals surface area contributed by atoms with Gasteiger partial charge in [0.1, 0.15) is 0 Å². The summed E-state index contributed by atoms with van der Waals surface area (Å²) in [5.41, 5.74) is 19.9. The van der Waals surface area contributed by atoms with Crippen LogP contribution in [-0.2, 0) is 0 Å². The lowest BCUT2D eigenvalue weighted by Crippen LogP contribution is -2.10. The smallest absolute Gasteiger partial charge is 0.0473 e. The third-order valence-electron chi connectivity index (χ3n) is 13.4. The Balaban J connectivity index is 1.03. The molecule has 0 aliphatic rings. The summed E-state index contributed by atoms with van der Waals surface area (Å²) in [5.74, 6) is 0. The fraction of sp³-hybridized carbons (Fsp3) is 0. The summed E-state index contributed by atoms with van der Waals surface area (Å²) in [6.07, 6.45) is 0. The molecule has 0 aromatic heterocycles. The molecule has 0 atom stereocenters. The van der Waals surface area contributed by atoms with Crippen molar-refractivity contribution in [2.24, 2.45) is 0 Å². The molecule has 0 radical (unpaired) electrons. The first-order valence-corrected chi connectivity index (χ1v) is 23.7. The molecule has 0 unspecified atom stereocenters. The van der Waals surface area contributed by atoms with Crippen LogP contribution in [0.3, 0.4) is 0 Å². The van der Waals surface area contributed by atoms with Gasteiger partial charge in [0.15, 0.2) is 0 Å². The van der Waals surface area contributed by atoms with Gasteiger partial charge in [0.2, 0.25) is 0 Å². The van der Waals surface area contributed by atoms with E-state index in [-0.39, 0.29) is 0 Å². The van der Waals surface area contributed by atoms with Gasteiger partial charge in [-0.1, -0.05) is 237 Å². The highest BCUT2D eigenvalue weighted by Gasteiger charge is 2.20. The lowest BCUT2D eigenvalue weighted by atomic mass is 9.84. The zero-order chi connectivity index (χ0) is 45.9. The van der Waals surface area contributed by atoms with Crippen LogP contribution in [0.5, 0.6) is 0 Å². The van der Waals surface area contributed by atoms with Crippen LogP contribution in [0.25, 0.3) is 99.4 Å². The van der Waals surface area contributed by atoms with E-state index < -0.39 is 0 Å². The highest BCUT2D eigenvalue weighted by molar-refractivity contribution is 6.22. The molecule has 12 aromatic rings. The molecule has 0 aliphatic carbocycles. The second-order valence-corrected chi connectivity index (χ2v) is 17.7. The van der Waals surface area contributed by atoms with Crippen molar-refractivity contribution >= 4 is 38.6 Å². The second kappa shape index (κ2) is 18.3. The number of fused-ring (bicyclic) bond motifs is 3. The summed E-state index contributed by atoms with van der Waals surface area (Å²) in [7, 11) is 0. The van der Waals surface area contributed by atoms with Crippen LogP contribution in [0.4, 0.5) is 17.1 Å². The first-order valence-electron chi connectivity index (χ1n) is 23.7. The van der Waals surface area contributed by atoms with Crippen LogP contribution in [0.2, 0.25) is 0 Å². The average molecular weight is 878 g/mol. The van der Waals surface area contributed by atoms with Crippen LogP contribution >= 0.6 is 0 Å². The monoisotopic (exact) mass is 877 g/mol. The molecule has 12 rings (SSSR count). The molecule has 324 valence electrons. The Kier molecular flexibility index (Phi) is 11.0. The Morgan fingerprint density at radius 2 is 0.507 bits per heavy atom. The Bertz CT molecular complexity index is 3660. The van der Waals surface area contributed by atoms with Gasteiger partial charge in [0.25, 0.3) is 0 Å². The van der Waals surface area contributed by atoms with Crippen molar-refractivity contribution < 1.29 is 0 Å². The summed E-state index contributed by atoms with van der Waals surface area (Å²) in [6.45, 7) is 0. The minimum atomic E-state index is 1.07. The molecule has 0 N–H and O–H groups in total. The molecule has 0 heterocycles. The van der Waals surface area contributed by atoms with Crippen molar-refractivity contribution in [3.63, 3.8) is 0 Å². The minimum Gasteiger partial charge on any atom is -0.310 e. The predicted octanol–water partition coefficient (Wildman–Crippen LogP) is 19.1. The van der Waals surface area contributed by atoms with Crippen LogP contribution in [-0.4, -0.2) is 0 Å². The van der Waals surface area contributed by atoms with Crippen molar-refractivity contribution in [1.82, 2.24) is 0 Å². The summed E-state index contributed by atoms with van der Waals surface area (Å²) in [6, 6.07) is 104. The molecular weight excluding hydrogens is 831 g/mol. The van der Waals surface area contributed by atoms with E-state index in [0.717, 1.165) is 39.3 Å². The third-order valence-corrected chi connectivity index (χ3v) is 13.4. The van der Waals surface area contributed by atoms with Crippen molar-refractivity contribution in [1.29, 1.82) is 0 Å². The van der Waals surface area contributed by atoms with Crippen LogP contribution in [0.1, 0.15) is 0 Å². The van der Waals surface area contributed by atoms with Gasteiger partial charge in [-0.05, 0) is 148 Å². The number of nitrogens with zero attached hydrogens (tertiary/aromatic N) is 1. The first-order chi connectivity index (χ1) is 34.2. The van der Waals surface area contributed by atoms with E-state index in [9.17, 15) is 0 Å². The molecule has 0 saturated carbocycles. The predicted molar refractivity (Wildman–Crippen MR) is 294 cm³/mol. The molecule has 0 bridgehead atoms. The summed E-state index contributed by atoms with van der Waals surface area (Å²) in [4.78, 5) is 2.42. The zero-order valence-corrected chi connectivity index (χ0v) is 38.1. The van der Waals surface area contributed by atoms with E-state index in [2.05, 4.69) is 290 Å². The van der Waals surface area contributed by atoms with Gasteiger partial charge in [-0.25, -0.2) is 0 Å². The van der Waals surface area contributed by atoms with E-state index in [1.54, 1.807) is 0 Å². The second-order valence-electron chi connectivity index (χ2n) is 17.7. The van der Waals surface area contributed by atoms with Crippen molar-refractivity contribution in [3.8, 4) is 77.9 Å². The van der Waals surface area contributed by atoms with Crippen molar-refractivity contribution in [2.45, 2.75) is 0 Å². The van der Waals surface area contributed by atoms with Crippen LogP contribution in [0, 0.1) is 0 Å². The highest BCUT2D eigenvalue weighted by atomic mass is 15.1. The van der Waals surface area contributed by atoms with E-state index in [1.165, 1.54) is 77.2 Å². The van der Waals surface area contributed by atoms with Gasteiger partial charge in [0, 0.05) is 17.1 Å².